The molecule has 4 aliphatic carbocycles. The van der Waals surface area contributed by atoms with Gasteiger partial charge in [0.05, 0.1) is 18.4 Å². The minimum absolute atomic E-state index is 0.0387. The lowest BCUT2D eigenvalue weighted by atomic mass is 9.51. The number of benzene rings is 2. The maximum Gasteiger partial charge on any atom is 0.437 e. The van der Waals surface area contributed by atoms with E-state index in [-0.39, 0.29) is 22.7 Å². The number of nitrogens with zero attached hydrogens (tertiary/aromatic N) is 1. The molecule has 2 saturated carbocycles. The van der Waals surface area contributed by atoms with Crippen molar-refractivity contribution < 1.29 is 23.9 Å². The monoisotopic (exact) mass is 568 g/mol. The molecule has 2 aromatic rings. The summed E-state index contributed by atoms with van der Waals surface area (Å²) in [4.78, 5) is 29.4. The van der Waals surface area contributed by atoms with E-state index in [4.69, 9.17) is 14.3 Å². The second-order valence-corrected chi connectivity index (χ2v) is 12.4. The number of amides is 1. The number of hydrogen-bond acceptors (Lipinski definition) is 6. The molecule has 0 aliphatic heterocycles. The van der Waals surface area contributed by atoms with Crippen molar-refractivity contribution in [3.8, 4) is 0 Å². The van der Waals surface area contributed by atoms with E-state index >= 15 is 0 Å². The van der Waals surface area contributed by atoms with Crippen LogP contribution in [0.5, 0.6) is 0 Å². The largest absolute Gasteiger partial charge is 0.437 e. The molecule has 2 aromatic carbocycles. The number of anilines is 1. The molecular formula is C35H40N2O5. The van der Waals surface area contributed by atoms with Crippen molar-refractivity contribution in [2.45, 2.75) is 63.4 Å². The third-order valence-corrected chi connectivity index (χ3v) is 10.5. The number of carbonyl (C=O) groups excluding carboxylic acids is 2. The van der Waals surface area contributed by atoms with Gasteiger partial charge in [-0.25, -0.2) is 4.79 Å². The topological polar surface area (TPSA) is 86.2 Å². The molecule has 0 spiro atoms. The van der Waals surface area contributed by atoms with Crippen LogP contribution in [-0.2, 0) is 19.1 Å². The van der Waals surface area contributed by atoms with Crippen LogP contribution in [-0.4, -0.2) is 44.5 Å². The molecule has 5 atom stereocenters. The van der Waals surface area contributed by atoms with Crippen molar-refractivity contribution >= 4 is 23.8 Å². The van der Waals surface area contributed by atoms with E-state index in [0.29, 0.717) is 30.6 Å². The van der Waals surface area contributed by atoms with Gasteiger partial charge in [0.15, 0.2) is 5.78 Å². The molecule has 0 bridgehead atoms. The van der Waals surface area contributed by atoms with E-state index < -0.39 is 6.09 Å². The van der Waals surface area contributed by atoms with Gasteiger partial charge in [-0.2, -0.15) is 0 Å². The molecular weight excluding hydrogens is 528 g/mol. The van der Waals surface area contributed by atoms with E-state index in [1.54, 1.807) is 31.0 Å². The van der Waals surface area contributed by atoms with Gasteiger partial charge in [-0.15, -0.1) is 0 Å². The summed E-state index contributed by atoms with van der Waals surface area (Å²) in [6.45, 7) is 3.02. The Labute approximate surface area is 248 Å². The summed E-state index contributed by atoms with van der Waals surface area (Å²) < 4.78 is 12.1. The second kappa shape index (κ2) is 11.6. The maximum atomic E-state index is 12.3. The van der Waals surface area contributed by atoms with Crippen LogP contribution in [0.2, 0.25) is 0 Å². The van der Waals surface area contributed by atoms with Gasteiger partial charge in [0.1, 0.15) is 0 Å². The van der Waals surface area contributed by atoms with Crippen molar-refractivity contribution in [2.24, 2.45) is 22.4 Å². The molecule has 7 nitrogen and oxygen atoms in total. The molecule has 0 radical (unpaired) electrons. The Hall–Kier alpha value is -3.55. The average Bonchev–Trinajstić information content (AvgIpc) is 3.29. The van der Waals surface area contributed by atoms with E-state index in [2.05, 4.69) is 29.5 Å². The molecule has 0 aromatic heterocycles. The van der Waals surface area contributed by atoms with Crippen molar-refractivity contribution in [3.05, 3.63) is 88.5 Å². The smallest absolute Gasteiger partial charge is 0.382 e. The number of methoxy groups -OCH3 is 2. The van der Waals surface area contributed by atoms with E-state index in [1.165, 1.54) is 16.7 Å². The third-order valence-electron chi connectivity index (χ3n) is 10.5. The van der Waals surface area contributed by atoms with Crippen LogP contribution >= 0.6 is 0 Å². The van der Waals surface area contributed by atoms with Gasteiger partial charge in [0.25, 0.3) is 0 Å². The first kappa shape index (κ1) is 28.6. The number of allylic oxidation sites excluding steroid dienone is 4. The quantitative estimate of drug-likeness (QED) is 0.217. The first-order valence-electron chi connectivity index (χ1n) is 15.0. The van der Waals surface area contributed by atoms with E-state index in [1.807, 2.05) is 43.5 Å². The molecule has 2 fully saturated rings. The zero-order chi connectivity index (χ0) is 29.3. The van der Waals surface area contributed by atoms with Crippen molar-refractivity contribution in [1.29, 1.82) is 0 Å². The fourth-order valence-corrected chi connectivity index (χ4v) is 8.51. The minimum atomic E-state index is -0.639. The predicted molar refractivity (Wildman–Crippen MR) is 162 cm³/mol. The first-order valence-corrected chi connectivity index (χ1v) is 15.0. The Morgan fingerprint density at radius 3 is 2.57 bits per heavy atom. The van der Waals surface area contributed by atoms with Crippen molar-refractivity contribution in [2.75, 3.05) is 26.1 Å². The molecule has 4 aliphatic rings. The van der Waals surface area contributed by atoms with Gasteiger partial charge in [-0.05, 0) is 90.8 Å². The lowest BCUT2D eigenvalue weighted by molar-refractivity contribution is -0.149. The van der Waals surface area contributed by atoms with E-state index in [9.17, 15) is 9.59 Å². The highest BCUT2D eigenvalue weighted by Gasteiger charge is 2.63. The zero-order valence-electron chi connectivity index (χ0n) is 24.7. The zero-order valence-corrected chi connectivity index (χ0v) is 24.7. The summed E-state index contributed by atoms with van der Waals surface area (Å²) in [6, 6.07) is 17.5. The van der Waals surface area contributed by atoms with Crippen molar-refractivity contribution in [1.82, 2.24) is 0 Å². The van der Waals surface area contributed by atoms with Gasteiger partial charge in [-0.1, -0.05) is 60.1 Å². The van der Waals surface area contributed by atoms with Crippen LogP contribution < -0.4 is 5.32 Å². The number of para-hydroxylation sites is 1. The summed E-state index contributed by atoms with van der Waals surface area (Å²) >= 11 is 0. The molecule has 220 valence electrons. The van der Waals surface area contributed by atoms with Crippen LogP contribution in [0.25, 0.3) is 0 Å². The van der Waals surface area contributed by atoms with Gasteiger partial charge in [0, 0.05) is 37.7 Å². The van der Waals surface area contributed by atoms with E-state index in [0.717, 1.165) is 44.1 Å². The molecule has 1 N–H and O–H groups in total. The molecule has 42 heavy (non-hydrogen) atoms. The second-order valence-electron chi connectivity index (χ2n) is 12.4. The number of ether oxygens (including phenoxy) is 2. The normalized spacial score (nSPS) is 30.4. The van der Waals surface area contributed by atoms with Gasteiger partial charge in [0.2, 0.25) is 0 Å². The summed E-state index contributed by atoms with van der Waals surface area (Å²) in [5.74, 6) is 1.48. The highest BCUT2D eigenvalue weighted by atomic mass is 16.7. The molecule has 0 heterocycles. The fraction of sp³-hybridized carbons (Fsp3) is 0.457. The highest BCUT2D eigenvalue weighted by Crippen LogP contribution is 2.67. The van der Waals surface area contributed by atoms with Gasteiger partial charge < -0.3 is 9.47 Å². The van der Waals surface area contributed by atoms with Gasteiger partial charge in [-0.3, -0.25) is 14.9 Å². The van der Waals surface area contributed by atoms with Crippen LogP contribution in [0.15, 0.2) is 82.5 Å². The molecule has 6 rings (SSSR count). The minimum Gasteiger partial charge on any atom is -0.382 e. The number of fused-ring (bicyclic) bond motifs is 4. The maximum absolute atomic E-state index is 12.3. The van der Waals surface area contributed by atoms with Crippen LogP contribution in [0.4, 0.5) is 10.5 Å². The summed E-state index contributed by atoms with van der Waals surface area (Å²) in [7, 11) is 3.62. The first-order chi connectivity index (χ1) is 20.4. The lowest BCUT2D eigenvalue weighted by Crippen LogP contribution is -2.54. The SMILES string of the molecule is COC[C@]1(OC)CCC2C3CCC4=CC(=O)CCC4=C3[C@@H](c3ccc(/C=N/OC(=O)Nc4ccccc4)cc3)C[C@@]21C. The Morgan fingerprint density at radius 1 is 1.05 bits per heavy atom. The summed E-state index contributed by atoms with van der Waals surface area (Å²) in [5.41, 5.74) is 6.64. The predicted octanol–water partition coefficient (Wildman–Crippen LogP) is 7.20. The fourth-order valence-electron chi connectivity index (χ4n) is 8.51. The summed E-state index contributed by atoms with van der Waals surface area (Å²) in [6.07, 6.45) is 9.43. The number of oxime groups is 1. The molecule has 2 unspecified atom stereocenters. The molecule has 7 heteroatoms. The number of hydrogen-bond donors (Lipinski definition) is 1. The van der Waals surface area contributed by atoms with Crippen LogP contribution in [0.1, 0.15) is 68.9 Å². The van der Waals surface area contributed by atoms with Crippen LogP contribution in [0.3, 0.4) is 0 Å². The average molecular weight is 569 g/mol. The number of carbonyl (C=O) groups is 2. The number of nitrogens with one attached hydrogen (secondary N) is 1. The van der Waals surface area contributed by atoms with Crippen molar-refractivity contribution in [3.63, 3.8) is 0 Å². The van der Waals surface area contributed by atoms with Crippen LogP contribution in [0, 0.1) is 17.3 Å². The standard InChI is InChI=1S/C35H40N2O5/c1-34-20-30(24-11-9-23(10-12-24)21-36-42-33(39)37-26-7-5-4-6-8-26)32-28-16-14-27(38)19-25(28)13-15-29(32)31(34)17-18-35(34,41-3)22-40-2/h4-12,19,21,29-31H,13-18,20,22H2,1-3H3,(H,37,39)/b36-21+/t29?,30-,31?,34+,35-/m1/s1. The Bertz CT molecular complexity index is 1430. The van der Waals surface area contributed by atoms with Gasteiger partial charge >= 0.3 is 6.09 Å². The lowest BCUT2D eigenvalue weighted by Gasteiger charge is -2.55. The number of ketones is 1. The number of rotatable bonds is 7. The molecule has 0 saturated heterocycles. The molecule has 1 amide bonds. The summed E-state index contributed by atoms with van der Waals surface area (Å²) in [5, 5.41) is 6.55. The Balaban J connectivity index is 1.29. The third kappa shape index (κ3) is 5.03. The highest BCUT2D eigenvalue weighted by molar-refractivity contribution is 5.93. The Morgan fingerprint density at radius 2 is 1.83 bits per heavy atom. The Kier molecular flexibility index (Phi) is 7.90.